The van der Waals surface area contributed by atoms with Crippen LogP contribution in [0, 0.1) is 11.3 Å². The van der Waals surface area contributed by atoms with E-state index in [-0.39, 0.29) is 5.82 Å². The van der Waals surface area contributed by atoms with Gasteiger partial charge in [-0.15, -0.1) is 0 Å². The number of nitrogens with one attached hydrogen (secondary N) is 1. The molecule has 0 radical (unpaired) electrons. The summed E-state index contributed by atoms with van der Waals surface area (Å²) in [4.78, 5) is 18.9. The van der Waals surface area contributed by atoms with Crippen molar-refractivity contribution in [2.45, 2.75) is 0 Å². The van der Waals surface area contributed by atoms with E-state index in [0.717, 1.165) is 22.0 Å². The molecule has 0 aliphatic heterocycles. The number of para-hydroxylation sites is 1. The molecule has 0 aliphatic carbocycles. The number of primary amides is 1. The number of H-pyrrole nitrogens is 1. The topological polar surface area (TPSA) is 122 Å². The molecule has 5 N–H and O–H groups in total. The van der Waals surface area contributed by atoms with Crippen molar-refractivity contribution in [2.24, 2.45) is 5.73 Å². The van der Waals surface area contributed by atoms with E-state index < -0.39 is 5.91 Å². The minimum absolute atomic E-state index is 0.161. The molecule has 0 fully saturated rings. The molecule has 0 aliphatic rings. The number of aromatic nitrogens is 2. The maximum absolute atomic E-state index is 11.3. The van der Waals surface area contributed by atoms with Crippen LogP contribution in [0.1, 0.15) is 15.9 Å². The largest absolute Gasteiger partial charge is 0.383 e. The lowest BCUT2D eigenvalue weighted by molar-refractivity contribution is 0.100. The second-order valence-electron chi connectivity index (χ2n) is 6.12. The molecule has 1 amide bonds. The Bertz CT molecular complexity index is 1220. The number of carbonyl (C=O) groups is 1. The highest BCUT2D eigenvalue weighted by Gasteiger charge is 2.15. The zero-order valence-corrected chi connectivity index (χ0v) is 14.2. The lowest BCUT2D eigenvalue weighted by Gasteiger charge is -2.10. The fraction of sp³-hybridized carbons (Fsp3) is 0. The van der Waals surface area contributed by atoms with Crippen molar-refractivity contribution >= 4 is 22.6 Å². The van der Waals surface area contributed by atoms with E-state index in [4.69, 9.17) is 11.5 Å². The molecule has 0 bridgehead atoms. The quantitative estimate of drug-likeness (QED) is 0.522. The summed E-state index contributed by atoms with van der Waals surface area (Å²) in [7, 11) is 0. The maximum Gasteiger partial charge on any atom is 0.248 e. The van der Waals surface area contributed by atoms with E-state index >= 15 is 0 Å². The number of nitrogens with two attached hydrogens (primary N) is 2. The average molecular weight is 353 g/mol. The van der Waals surface area contributed by atoms with Crippen molar-refractivity contribution in [1.29, 1.82) is 5.26 Å². The van der Waals surface area contributed by atoms with Gasteiger partial charge in [0.1, 0.15) is 17.5 Å². The van der Waals surface area contributed by atoms with Crippen LogP contribution in [0.15, 0.2) is 60.8 Å². The molecule has 4 rings (SSSR count). The van der Waals surface area contributed by atoms with Gasteiger partial charge in [-0.3, -0.25) is 4.79 Å². The van der Waals surface area contributed by atoms with Crippen LogP contribution in [-0.2, 0) is 0 Å². The number of carbonyl (C=O) groups excluding carboxylic acids is 1. The Kier molecular flexibility index (Phi) is 3.83. The standard InChI is InChI=1S/C21H15N5O/c22-10-16-15(12-5-7-13(8-6-12)21(24)27)9-19(26-20(16)23)17-11-25-18-4-2-1-3-14(17)18/h1-9,11,25H,(H2,23,26)(H2,24,27). The first-order valence-electron chi connectivity index (χ1n) is 8.26. The Morgan fingerprint density at radius 1 is 1.07 bits per heavy atom. The van der Waals surface area contributed by atoms with Crippen LogP contribution in [0.2, 0.25) is 0 Å². The van der Waals surface area contributed by atoms with E-state index in [1.54, 1.807) is 24.3 Å². The molecule has 0 atom stereocenters. The molecule has 6 nitrogen and oxygen atoms in total. The highest BCUT2D eigenvalue weighted by atomic mass is 16.1. The minimum Gasteiger partial charge on any atom is -0.383 e. The molecular weight excluding hydrogens is 338 g/mol. The van der Waals surface area contributed by atoms with E-state index in [1.165, 1.54) is 0 Å². The molecule has 2 aromatic heterocycles. The summed E-state index contributed by atoms with van der Waals surface area (Å²) in [5.74, 6) is -0.343. The van der Waals surface area contributed by atoms with Gasteiger partial charge in [0.25, 0.3) is 0 Å². The fourth-order valence-electron chi connectivity index (χ4n) is 3.15. The number of pyridine rings is 1. The van der Waals surface area contributed by atoms with Crippen molar-refractivity contribution in [3.63, 3.8) is 0 Å². The van der Waals surface area contributed by atoms with Gasteiger partial charge < -0.3 is 16.5 Å². The summed E-state index contributed by atoms with van der Waals surface area (Å²) in [6.07, 6.45) is 1.87. The number of amides is 1. The number of hydrogen-bond donors (Lipinski definition) is 3. The number of nitrogens with zero attached hydrogens (tertiary/aromatic N) is 2. The molecule has 0 unspecified atom stereocenters. The molecule has 130 valence electrons. The number of anilines is 1. The van der Waals surface area contributed by atoms with Crippen LogP contribution in [0.4, 0.5) is 5.82 Å². The van der Waals surface area contributed by atoms with Gasteiger partial charge >= 0.3 is 0 Å². The fourth-order valence-corrected chi connectivity index (χ4v) is 3.15. The lowest BCUT2D eigenvalue weighted by Crippen LogP contribution is -2.10. The van der Waals surface area contributed by atoms with Crippen molar-refractivity contribution in [1.82, 2.24) is 9.97 Å². The number of nitrogen functional groups attached to an aromatic ring is 1. The van der Waals surface area contributed by atoms with Crippen LogP contribution < -0.4 is 11.5 Å². The zero-order chi connectivity index (χ0) is 19.0. The van der Waals surface area contributed by atoms with Crippen LogP contribution in [0.5, 0.6) is 0 Å². The van der Waals surface area contributed by atoms with Gasteiger partial charge in [-0.1, -0.05) is 30.3 Å². The van der Waals surface area contributed by atoms with Crippen molar-refractivity contribution < 1.29 is 4.79 Å². The van der Waals surface area contributed by atoms with Crippen LogP contribution in [-0.4, -0.2) is 15.9 Å². The predicted molar refractivity (Wildman–Crippen MR) is 105 cm³/mol. The SMILES string of the molecule is N#Cc1c(-c2ccc(C(N)=O)cc2)cc(-c2c[nH]c3ccccc23)nc1N. The Hall–Kier alpha value is -4.11. The summed E-state index contributed by atoms with van der Waals surface area (Å²) in [6.45, 7) is 0. The second kappa shape index (κ2) is 6.32. The first-order chi connectivity index (χ1) is 13.1. The monoisotopic (exact) mass is 353 g/mol. The Balaban J connectivity index is 1.91. The smallest absolute Gasteiger partial charge is 0.248 e. The second-order valence-corrected chi connectivity index (χ2v) is 6.12. The van der Waals surface area contributed by atoms with Crippen LogP contribution >= 0.6 is 0 Å². The van der Waals surface area contributed by atoms with Crippen LogP contribution in [0.3, 0.4) is 0 Å². The normalized spacial score (nSPS) is 10.6. The minimum atomic E-state index is -0.504. The summed E-state index contributed by atoms with van der Waals surface area (Å²) in [5.41, 5.74) is 16.0. The van der Waals surface area contributed by atoms with Crippen LogP contribution in [0.25, 0.3) is 33.3 Å². The van der Waals surface area contributed by atoms with Crippen molar-refractivity contribution in [3.05, 3.63) is 71.9 Å². The Morgan fingerprint density at radius 2 is 1.81 bits per heavy atom. The van der Waals surface area contributed by atoms with Gasteiger partial charge in [0, 0.05) is 33.8 Å². The molecule has 2 heterocycles. The molecule has 0 saturated carbocycles. The van der Waals surface area contributed by atoms with E-state index in [0.29, 0.717) is 22.4 Å². The number of rotatable bonds is 3. The maximum atomic E-state index is 11.3. The summed E-state index contributed by atoms with van der Waals surface area (Å²) in [5, 5.41) is 10.6. The number of aromatic amines is 1. The van der Waals surface area contributed by atoms with E-state index in [2.05, 4.69) is 16.0 Å². The Labute approximate surface area is 155 Å². The van der Waals surface area contributed by atoms with Gasteiger partial charge in [0.05, 0.1) is 5.69 Å². The van der Waals surface area contributed by atoms with Gasteiger partial charge in [0.2, 0.25) is 5.91 Å². The number of benzene rings is 2. The van der Waals surface area contributed by atoms with E-state index in [1.807, 2.05) is 36.5 Å². The van der Waals surface area contributed by atoms with Gasteiger partial charge in [-0.05, 0) is 29.8 Å². The van der Waals surface area contributed by atoms with Gasteiger partial charge in [-0.2, -0.15) is 5.26 Å². The van der Waals surface area contributed by atoms with Crippen molar-refractivity contribution in [2.75, 3.05) is 5.73 Å². The zero-order valence-electron chi connectivity index (χ0n) is 14.2. The number of fused-ring (bicyclic) bond motifs is 1. The average Bonchev–Trinajstić information content (AvgIpc) is 3.11. The predicted octanol–water partition coefficient (Wildman–Crippen LogP) is 3.45. The molecule has 6 heteroatoms. The Morgan fingerprint density at radius 3 is 2.52 bits per heavy atom. The number of hydrogen-bond acceptors (Lipinski definition) is 4. The summed E-state index contributed by atoms with van der Waals surface area (Å²) >= 11 is 0. The molecule has 27 heavy (non-hydrogen) atoms. The molecular formula is C21H15N5O. The molecule has 0 spiro atoms. The first kappa shape index (κ1) is 16.4. The number of nitriles is 1. The third kappa shape index (κ3) is 2.77. The molecule has 2 aromatic carbocycles. The molecule has 4 aromatic rings. The summed E-state index contributed by atoms with van der Waals surface area (Å²) < 4.78 is 0. The lowest BCUT2D eigenvalue weighted by atomic mass is 9.97. The first-order valence-corrected chi connectivity index (χ1v) is 8.26. The highest BCUT2D eigenvalue weighted by molar-refractivity contribution is 5.96. The third-order valence-corrected chi connectivity index (χ3v) is 4.50. The van der Waals surface area contributed by atoms with Gasteiger partial charge in [-0.25, -0.2) is 4.98 Å². The van der Waals surface area contributed by atoms with E-state index in [9.17, 15) is 10.1 Å². The van der Waals surface area contributed by atoms with Crippen molar-refractivity contribution in [3.8, 4) is 28.5 Å². The molecule has 0 saturated heterocycles. The third-order valence-electron chi connectivity index (χ3n) is 4.50. The summed E-state index contributed by atoms with van der Waals surface area (Å²) in [6, 6.07) is 18.6. The highest BCUT2D eigenvalue weighted by Crippen LogP contribution is 2.34. The van der Waals surface area contributed by atoms with Gasteiger partial charge in [0.15, 0.2) is 0 Å².